The SMILES string of the molecule is FC(F)(F)c1cc(NBr)cc(C(F)(F)F)c1. The molecule has 0 fully saturated rings. The van der Waals surface area contributed by atoms with Crippen LogP contribution in [0.5, 0.6) is 0 Å². The van der Waals surface area contributed by atoms with E-state index in [1.165, 1.54) is 0 Å². The maximum atomic E-state index is 12.3. The van der Waals surface area contributed by atoms with Crippen molar-refractivity contribution in [1.29, 1.82) is 0 Å². The van der Waals surface area contributed by atoms with Crippen molar-refractivity contribution in [2.24, 2.45) is 0 Å². The lowest BCUT2D eigenvalue weighted by molar-refractivity contribution is -0.143. The van der Waals surface area contributed by atoms with E-state index < -0.39 is 23.5 Å². The van der Waals surface area contributed by atoms with Gasteiger partial charge in [-0.1, -0.05) is 0 Å². The molecule has 16 heavy (non-hydrogen) atoms. The molecule has 1 aromatic carbocycles. The highest BCUT2D eigenvalue weighted by Gasteiger charge is 2.36. The molecule has 0 radical (unpaired) electrons. The van der Waals surface area contributed by atoms with Crippen molar-refractivity contribution < 1.29 is 26.3 Å². The van der Waals surface area contributed by atoms with Gasteiger partial charge in [-0.05, 0) is 18.2 Å². The van der Waals surface area contributed by atoms with Gasteiger partial charge in [-0.15, -0.1) is 0 Å². The number of hydrogen-bond donors (Lipinski definition) is 1. The van der Waals surface area contributed by atoms with Crippen molar-refractivity contribution in [3.05, 3.63) is 29.3 Å². The molecule has 0 atom stereocenters. The summed E-state index contributed by atoms with van der Waals surface area (Å²) in [6.07, 6.45) is -9.64. The number of benzene rings is 1. The summed E-state index contributed by atoms with van der Waals surface area (Å²) in [4.78, 5) is 0. The van der Waals surface area contributed by atoms with Crippen molar-refractivity contribution in [3.8, 4) is 0 Å². The molecule has 0 bridgehead atoms. The van der Waals surface area contributed by atoms with Gasteiger partial charge in [0.25, 0.3) is 0 Å². The maximum absolute atomic E-state index is 12.3. The molecule has 1 aromatic rings. The molecule has 0 saturated carbocycles. The average Bonchev–Trinajstić information content (AvgIpc) is 2.14. The van der Waals surface area contributed by atoms with Crippen molar-refractivity contribution in [2.45, 2.75) is 12.4 Å². The summed E-state index contributed by atoms with van der Waals surface area (Å²) in [7, 11) is 0. The fourth-order valence-electron chi connectivity index (χ4n) is 1.01. The zero-order valence-electron chi connectivity index (χ0n) is 7.38. The van der Waals surface area contributed by atoms with Gasteiger partial charge in [0.15, 0.2) is 0 Å². The molecule has 0 aromatic heterocycles. The molecule has 90 valence electrons. The summed E-state index contributed by atoms with van der Waals surface area (Å²) in [5, 5.41) is 0. The lowest BCUT2D eigenvalue weighted by atomic mass is 10.1. The van der Waals surface area contributed by atoms with E-state index in [-0.39, 0.29) is 11.8 Å². The van der Waals surface area contributed by atoms with E-state index in [4.69, 9.17) is 0 Å². The summed E-state index contributed by atoms with van der Waals surface area (Å²) in [6.45, 7) is 0. The first-order valence-corrected chi connectivity index (χ1v) is 4.60. The molecule has 0 aliphatic carbocycles. The summed E-state index contributed by atoms with van der Waals surface area (Å²) in [5.74, 6) is 0. The van der Waals surface area contributed by atoms with E-state index >= 15 is 0 Å². The molecule has 1 N–H and O–H groups in total. The summed E-state index contributed by atoms with van der Waals surface area (Å²) >= 11 is 2.57. The average molecular weight is 308 g/mol. The minimum Gasteiger partial charge on any atom is -0.322 e. The molecule has 0 aliphatic heterocycles. The first-order chi connectivity index (χ1) is 7.14. The van der Waals surface area contributed by atoms with Crippen LogP contribution >= 0.6 is 16.1 Å². The van der Waals surface area contributed by atoms with Crippen LogP contribution in [-0.4, -0.2) is 0 Å². The third-order valence-corrected chi connectivity index (χ3v) is 2.15. The highest BCUT2D eigenvalue weighted by molar-refractivity contribution is 9.10. The fourth-order valence-corrected chi connectivity index (χ4v) is 1.24. The molecule has 0 unspecified atom stereocenters. The summed E-state index contributed by atoms with van der Waals surface area (Å²) in [5.41, 5.74) is -3.03. The Morgan fingerprint density at radius 2 is 1.19 bits per heavy atom. The topological polar surface area (TPSA) is 12.0 Å². The van der Waals surface area contributed by atoms with E-state index in [0.717, 1.165) is 0 Å². The van der Waals surface area contributed by atoms with E-state index in [1.807, 2.05) is 0 Å². The highest BCUT2D eigenvalue weighted by Crippen LogP contribution is 2.37. The van der Waals surface area contributed by atoms with E-state index in [9.17, 15) is 26.3 Å². The summed E-state index contributed by atoms with van der Waals surface area (Å²) < 4.78 is 75.6. The Morgan fingerprint density at radius 3 is 1.44 bits per heavy atom. The Kier molecular flexibility index (Phi) is 3.41. The predicted molar refractivity (Wildman–Crippen MR) is 49.0 cm³/mol. The van der Waals surface area contributed by atoms with Crippen molar-refractivity contribution in [2.75, 3.05) is 4.34 Å². The fraction of sp³-hybridized carbons (Fsp3) is 0.250. The largest absolute Gasteiger partial charge is 0.416 e. The first-order valence-electron chi connectivity index (χ1n) is 3.80. The van der Waals surface area contributed by atoms with Crippen LogP contribution in [0.15, 0.2) is 18.2 Å². The quantitative estimate of drug-likeness (QED) is 0.597. The lowest BCUT2D eigenvalue weighted by Gasteiger charge is -2.13. The third kappa shape index (κ3) is 3.03. The Labute approximate surface area is 94.8 Å². The van der Waals surface area contributed by atoms with Gasteiger partial charge in [0.2, 0.25) is 0 Å². The molecule has 0 heterocycles. The molecule has 0 amide bonds. The smallest absolute Gasteiger partial charge is 0.322 e. The first kappa shape index (κ1) is 13.1. The van der Waals surface area contributed by atoms with Crippen LogP contribution in [0.1, 0.15) is 11.1 Å². The van der Waals surface area contributed by atoms with Crippen LogP contribution < -0.4 is 4.34 Å². The third-order valence-electron chi connectivity index (χ3n) is 1.70. The van der Waals surface area contributed by atoms with Crippen molar-refractivity contribution >= 4 is 21.8 Å². The molecule has 0 aliphatic rings. The Morgan fingerprint density at radius 1 is 0.812 bits per heavy atom. The molecule has 8 heteroatoms. The van der Waals surface area contributed by atoms with Crippen LogP contribution in [0.2, 0.25) is 0 Å². The van der Waals surface area contributed by atoms with Gasteiger partial charge in [0, 0.05) is 21.8 Å². The van der Waals surface area contributed by atoms with E-state index in [1.54, 1.807) is 0 Å². The minimum absolute atomic E-state index is 0.0633. The van der Waals surface area contributed by atoms with Gasteiger partial charge in [0.05, 0.1) is 11.1 Å². The van der Waals surface area contributed by atoms with Crippen LogP contribution in [0.4, 0.5) is 32.0 Å². The van der Waals surface area contributed by atoms with E-state index in [2.05, 4.69) is 20.5 Å². The predicted octanol–water partition coefficient (Wildman–Crippen LogP) is 4.45. The number of anilines is 1. The second-order valence-corrected chi connectivity index (χ2v) is 3.29. The maximum Gasteiger partial charge on any atom is 0.416 e. The Bertz CT molecular complexity index is 351. The number of nitrogens with one attached hydrogen (secondary N) is 1. The van der Waals surface area contributed by atoms with Crippen LogP contribution in [0.25, 0.3) is 0 Å². The Balaban J connectivity index is 3.33. The van der Waals surface area contributed by atoms with E-state index in [0.29, 0.717) is 12.1 Å². The van der Waals surface area contributed by atoms with Gasteiger partial charge in [0.1, 0.15) is 0 Å². The molecule has 0 saturated heterocycles. The zero-order valence-corrected chi connectivity index (χ0v) is 8.96. The minimum atomic E-state index is -4.82. The molecule has 1 nitrogen and oxygen atoms in total. The summed E-state index contributed by atoms with van der Waals surface area (Å²) in [6, 6.07) is 1.21. The monoisotopic (exact) mass is 307 g/mol. The van der Waals surface area contributed by atoms with Crippen LogP contribution in [0, 0.1) is 0 Å². The van der Waals surface area contributed by atoms with Gasteiger partial charge < -0.3 is 4.34 Å². The number of halogens is 7. The normalized spacial score (nSPS) is 12.7. The van der Waals surface area contributed by atoms with Gasteiger partial charge >= 0.3 is 12.4 Å². The number of rotatable bonds is 1. The highest BCUT2D eigenvalue weighted by atomic mass is 79.9. The Hall–Kier alpha value is -0.920. The number of hydrogen-bond acceptors (Lipinski definition) is 1. The standard InChI is InChI=1S/C8H4BrF6N/c9-16-6-2-4(7(10,11)12)1-5(3-6)8(13,14)15/h1-3,16H. The van der Waals surface area contributed by atoms with Crippen molar-refractivity contribution in [3.63, 3.8) is 0 Å². The zero-order chi connectivity index (χ0) is 12.6. The number of alkyl halides is 6. The van der Waals surface area contributed by atoms with Gasteiger partial charge in [-0.2, -0.15) is 26.3 Å². The second kappa shape index (κ2) is 4.15. The van der Waals surface area contributed by atoms with Gasteiger partial charge in [-0.25, -0.2) is 0 Å². The molecule has 0 spiro atoms. The molecular formula is C8H4BrF6N. The second-order valence-electron chi connectivity index (χ2n) is 2.89. The van der Waals surface area contributed by atoms with Crippen molar-refractivity contribution in [1.82, 2.24) is 0 Å². The van der Waals surface area contributed by atoms with Crippen LogP contribution in [0.3, 0.4) is 0 Å². The van der Waals surface area contributed by atoms with Gasteiger partial charge in [-0.3, -0.25) is 0 Å². The molecular weight excluding hydrogens is 304 g/mol. The van der Waals surface area contributed by atoms with Crippen LogP contribution in [-0.2, 0) is 12.4 Å². The lowest BCUT2D eigenvalue weighted by Crippen LogP contribution is -2.11. The molecule has 1 rings (SSSR count).